The van der Waals surface area contributed by atoms with Crippen molar-refractivity contribution in [1.82, 2.24) is 9.80 Å². The summed E-state index contributed by atoms with van der Waals surface area (Å²) in [5, 5.41) is 0. The van der Waals surface area contributed by atoms with Gasteiger partial charge in [0.15, 0.2) is 0 Å². The summed E-state index contributed by atoms with van der Waals surface area (Å²) in [7, 11) is 3.72. The quantitative estimate of drug-likeness (QED) is 0.864. The summed E-state index contributed by atoms with van der Waals surface area (Å²) in [6.07, 6.45) is 4.38. The van der Waals surface area contributed by atoms with E-state index in [1.807, 2.05) is 6.07 Å². The molecule has 1 aromatic carbocycles. The first-order valence-electron chi connectivity index (χ1n) is 8.05. The molecule has 0 spiro atoms. The number of amides is 1. The fraction of sp³-hybridized carbons (Fsp3) is 0.588. The Morgan fingerprint density at radius 2 is 1.86 bits per heavy atom. The normalized spacial score (nSPS) is 19.9. The second-order valence-electron chi connectivity index (χ2n) is 6.43. The fourth-order valence-electron chi connectivity index (χ4n) is 3.25. The zero-order chi connectivity index (χ0) is 15.7. The van der Waals surface area contributed by atoms with Crippen molar-refractivity contribution < 1.29 is 9.53 Å². The molecule has 22 heavy (non-hydrogen) atoms. The smallest absolute Gasteiger partial charge is 0.254 e. The second-order valence-corrected chi connectivity index (χ2v) is 6.43. The van der Waals surface area contributed by atoms with Crippen LogP contribution in [-0.4, -0.2) is 55.0 Å². The van der Waals surface area contributed by atoms with Crippen LogP contribution in [0, 0.1) is 0 Å². The number of hydrogen-bond acceptors (Lipinski definition) is 4. The van der Waals surface area contributed by atoms with Gasteiger partial charge < -0.3 is 20.3 Å². The number of rotatable bonds is 4. The Balaban J connectivity index is 1.81. The van der Waals surface area contributed by atoms with Gasteiger partial charge in [0.2, 0.25) is 0 Å². The van der Waals surface area contributed by atoms with Crippen LogP contribution in [0.25, 0.3) is 0 Å². The molecule has 120 valence electrons. The highest BCUT2D eigenvalue weighted by Crippen LogP contribution is 2.34. The Labute approximate surface area is 132 Å². The largest absolute Gasteiger partial charge is 0.495 e. The van der Waals surface area contributed by atoms with Crippen molar-refractivity contribution in [3.63, 3.8) is 0 Å². The number of carbonyl (C=O) groups is 1. The van der Waals surface area contributed by atoms with Crippen LogP contribution in [0.3, 0.4) is 0 Å². The Hall–Kier alpha value is -1.75. The third kappa shape index (κ3) is 3.04. The Morgan fingerprint density at radius 1 is 1.23 bits per heavy atom. The molecule has 1 amide bonds. The molecule has 1 aliphatic carbocycles. The lowest BCUT2D eigenvalue weighted by Gasteiger charge is -2.37. The standard InChI is InChI=1S/C17H25N3O2/c1-19-9-7-14(8-10-19)20(13-4-5-13)17(21)12-3-6-15(18)16(11-12)22-2/h3,6,11,13-14H,4-5,7-10,18H2,1-2H3. The van der Waals surface area contributed by atoms with E-state index in [4.69, 9.17) is 10.5 Å². The molecule has 1 saturated carbocycles. The van der Waals surface area contributed by atoms with Gasteiger partial charge in [0, 0.05) is 17.6 Å². The van der Waals surface area contributed by atoms with Crippen LogP contribution in [0.4, 0.5) is 5.69 Å². The maximum atomic E-state index is 13.0. The summed E-state index contributed by atoms with van der Waals surface area (Å²) in [4.78, 5) is 17.5. The first kappa shape index (κ1) is 15.2. The van der Waals surface area contributed by atoms with E-state index in [1.165, 1.54) is 0 Å². The summed E-state index contributed by atoms with van der Waals surface area (Å²) in [5.41, 5.74) is 7.09. The van der Waals surface area contributed by atoms with Crippen molar-refractivity contribution in [2.24, 2.45) is 0 Å². The van der Waals surface area contributed by atoms with E-state index in [0.29, 0.717) is 29.1 Å². The number of nitrogens with two attached hydrogens (primary N) is 1. The summed E-state index contributed by atoms with van der Waals surface area (Å²) >= 11 is 0. The van der Waals surface area contributed by atoms with E-state index in [1.54, 1.807) is 19.2 Å². The maximum absolute atomic E-state index is 13.0. The van der Waals surface area contributed by atoms with Crippen molar-refractivity contribution in [3.8, 4) is 5.75 Å². The maximum Gasteiger partial charge on any atom is 0.254 e. The predicted molar refractivity (Wildman–Crippen MR) is 87.1 cm³/mol. The molecule has 5 heteroatoms. The average molecular weight is 303 g/mol. The van der Waals surface area contributed by atoms with Crippen molar-refractivity contribution >= 4 is 11.6 Å². The molecule has 0 radical (unpaired) electrons. The number of benzene rings is 1. The lowest BCUT2D eigenvalue weighted by Crippen LogP contribution is -2.47. The molecule has 0 unspecified atom stereocenters. The summed E-state index contributed by atoms with van der Waals surface area (Å²) in [6.45, 7) is 2.12. The first-order chi connectivity index (χ1) is 10.6. The van der Waals surface area contributed by atoms with E-state index in [0.717, 1.165) is 38.8 Å². The number of anilines is 1. The number of ether oxygens (including phenoxy) is 1. The molecule has 1 aliphatic heterocycles. The molecule has 5 nitrogen and oxygen atoms in total. The van der Waals surface area contributed by atoms with Crippen LogP contribution in [0.2, 0.25) is 0 Å². The van der Waals surface area contributed by atoms with E-state index >= 15 is 0 Å². The molecular weight excluding hydrogens is 278 g/mol. The molecule has 3 rings (SSSR count). The topological polar surface area (TPSA) is 58.8 Å². The van der Waals surface area contributed by atoms with Crippen LogP contribution < -0.4 is 10.5 Å². The number of nitrogens with zero attached hydrogens (tertiary/aromatic N) is 2. The highest BCUT2D eigenvalue weighted by Gasteiger charge is 2.38. The minimum Gasteiger partial charge on any atom is -0.495 e. The number of nitrogen functional groups attached to an aromatic ring is 1. The Morgan fingerprint density at radius 3 is 2.45 bits per heavy atom. The lowest BCUT2D eigenvalue weighted by atomic mass is 10.0. The van der Waals surface area contributed by atoms with E-state index < -0.39 is 0 Å². The molecule has 0 atom stereocenters. The zero-order valence-electron chi connectivity index (χ0n) is 13.4. The predicted octanol–water partition coefficient (Wildman–Crippen LogP) is 1.98. The molecule has 0 aromatic heterocycles. The van der Waals surface area contributed by atoms with E-state index in [-0.39, 0.29) is 5.91 Å². The minimum absolute atomic E-state index is 0.121. The third-order valence-electron chi connectivity index (χ3n) is 4.74. The van der Waals surface area contributed by atoms with Crippen LogP contribution >= 0.6 is 0 Å². The lowest BCUT2D eigenvalue weighted by molar-refractivity contribution is 0.0569. The van der Waals surface area contributed by atoms with Gasteiger partial charge in [0.25, 0.3) is 5.91 Å². The molecule has 2 fully saturated rings. The van der Waals surface area contributed by atoms with Crippen LogP contribution in [0.1, 0.15) is 36.0 Å². The number of piperidine rings is 1. The SMILES string of the molecule is COc1cc(C(=O)N(C2CC2)C2CCN(C)CC2)ccc1N. The second kappa shape index (κ2) is 6.16. The van der Waals surface area contributed by atoms with Gasteiger partial charge in [0.05, 0.1) is 12.8 Å². The molecule has 1 aromatic rings. The van der Waals surface area contributed by atoms with Crippen LogP contribution in [0.15, 0.2) is 18.2 Å². The van der Waals surface area contributed by atoms with Crippen molar-refractivity contribution in [2.75, 3.05) is 33.0 Å². The third-order valence-corrected chi connectivity index (χ3v) is 4.74. The molecule has 2 aliphatic rings. The molecule has 1 saturated heterocycles. The number of hydrogen-bond donors (Lipinski definition) is 1. The summed E-state index contributed by atoms with van der Waals surface area (Å²) < 4.78 is 5.25. The highest BCUT2D eigenvalue weighted by molar-refractivity contribution is 5.96. The van der Waals surface area contributed by atoms with Crippen molar-refractivity contribution in [2.45, 2.75) is 37.8 Å². The van der Waals surface area contributed by atoms with Gasteiger partial charge in [-0.15, -0.1) is 0 Å². The Bertz CT molecular complexity index is 549. The van der Waals surface area contributed by atoms with Crippen LogP contribution in [-0.2, 0) is 0 Å². The van der Waals surface area contributed by atoms with E-state index in [9.17, 15) is 4.79 Å². The molecule has 1 heterocycles. The van der Waals surface area contributed by atoms with Gasteiger partial charge in [-0.25, -0.2) is 0 Å². The number of likely N-dealkylation sites (tertiary alicyclic amines) is 1. The number of methoxy groups -OCH3 is 1. The molecular formula is C17H25N3O2. The molecule has 0 bridgehead atoms. The number of carbonyl (C=O) groups excluding carboxylic acids is 1. The first-order valence-corrected chi connectivity index (χ1v) is 8.05. The Kier molecular flexibility index (Phi) is 4.25. The average Bonchev–Trinajstić information content (AvgIpc) is 3.34. The summed E-state index contributed by atoms with van der Waals surface area (Å²) in [6, 6.07) is 6.11. The monoisotopic (exact) mass is 303 g/mol. The van der Waals surface area contributed by atoms with Gasteiger partial charge in [-0.1, -0.05) is 0 Å². The molecule has 2 N–H and O–H groups in total. The van der Waals surface area contributed by atoms with E-state index in [2.05, 4.69) is 16.8 Å². The van der Waals surface area contributed by atoms with Gasteiger partial charge in [-0.05, 0) is 64.0 Å². The minimum atomic E-state index is 0.121. The van der Waals surface area contributed by atoms with Crippen molar-refractivity contribution in [1.29, 1.82) is 0 Å². The van der Waals surface area contributed by atoms with Crippen LogP contribution in [0.5, 0.6) is 5.75 Å². The van der Waals surface area contributed by atoms with Gasteiger partial charge in [0.1, 0.15) is 5.75 Å². The fourth-order valence-corrected chi connectivity index (χ4v) is 3.25. The van der Waals surface area contributed by atoms with Crippen molar-refractivity contribution in [3.05, 3.63) is 23.8 Å². The zero-order valence-corrected chi connectivity index (χ0v) is 13.4. The van der Waals surface area contributed by atoms with Gasteiger partial charge in [-0.2, -0.15) is 0 Å². The van der Waals surface area contributed by atoms with Gasteiger partial charge in [-0.3, -0.25) is 4.79 Å². The van der Waals surface area contributed by atoms with Gasteiger partial charge >= 0.3 is 0 Å². The highest BCUT2D eigenvalue weighted by atomic mass is 16.5. The summed E-state index contributed by atoms with van der Waals surface area (Å²) in [5.74, 6) is 0.695.